The van der Waals surface area contributed by atoms with E-state index in [4.69, 9.17) is 4.42 Å². The van der Waals surface area contributed by atoms with Crippen LogP contribution in [0.25, 0.3) is 11.0 Å². The van der Waals surface area contributed by atoms with E-state index < -0.39 is 16.0 Å². The Balaban J connectivity index is 1.77. The summed E-state index contributed by atoms with van der Waals surface area (Å²) in [6.45, 7) is 0. The summed E-state index contributed by atoms with van der Waals surface area (Å²) in [5.41, 5.74) is -0.0258. The number of rotatable bonds is 3. The molecule has 1 unspecified atom stereocenters. The molecule has 26 heavy (non-hydrogen) atoms. The minimum atomic E-state index is -0.880. The zero-order chi connectivity index (χ0) is 18.4. The number of carbonyl (C=O) groups is 1. The first kappa shape index (κ1) is 15.8. The van der Waals surface area contributed by atoms with Gasteiger partial charge >= 0.3 is 11.1 Å². The van der Waals surface area contributed by atoms with Crippen molar-refractivity contribution >= 4 is 22.6 Å². The van der Waals surface area contributed by atoms with Crippen LogP contribution >= 0.6 is 0 Å². The summed E-state index contributed by atoms with van der Waals surface area (Å²) in [6.07, 6.45) is 3.21. The molecular weight excluding hydrogens is 344 g/mol. The Morgan fingerprint density at radius 1 is 1.23 bits per heavy atom. The molecule has 2 aromatic heterocycles. The zero-order valence-corrected chi connectivity index (χ0v) is 13.2. The number of nitrogens with one attached hydrogen (secondary N) is 3. The first-order valence-electron chi connectivity index (χ1n) is 7.72. The summed E-state index contributed by atoms with van der Waals surface area (Å²) in [5.74, 6) is -0.356. The second-order valence-electron chi connectivity index (χ2n) is 6.03. The molecule has 2 heterocycles. The Bertz CT molecular complexity index is 1160. The van der Waals surface area contributed by atoms with Gasteiger partial charge in [0.15, 0.2) is 0 Å². The predicted molar refractivity (Wildman–Crippen MR) is 89.2 cm³/mol. The molecule has 0 spiro atoms. The zero-order valence-electron chi connectivity index (χ0n) is 13.2. The van der Waals surface area contributed by atoms with E-state index in [-0.39, 0.29) is 29.6 Å². The van der Waals surface area contributed by atoms with E-state index in [2.05, 4.69) is 15.3 Å². The Labute approximate surface area is 144 Å². The van der Waals surface area contributed by atoms with Crippen LogP contribution in [0.15, 0.2) is 38.7 Å². The van der Waals surface area contributed by atoms with Gasteiger partial charge in [0.1, 0.15) is 6.26 Å². The standard InChI is InChI=1S/C16H12N4O6/c21-14(7-1-2-26-6-7)17-8-3-9-10(4-8)13-11(5-12(9)20(24)25)18-15(22)16(23)19-13/h1-2,5-6,8H,3-4H2,(H,17,21)(H,18,22)(H,19,23). The lowest BCUT2D eigenvalue weighted by Gasteiger charge is -2.10. The van der Waals surface area contributed by atoms with Gasteiger partial charge in [-0.05, 0) is 18.1 Å². The van der Waals surface area contributed by atoms with Crippen molar-refractivity contribution in [2.45, 2.75) is 18.9 Å². The molecule has 3 aromatic rings. The molecule has 1 aliphatic carbocycles. The van der Waals surface area contributed by atoms with Gasteiger partial charge in [-0.15, -0.1) is 0 Å². The number of fused-ring (bicyclic) bond motifs is 3. The third kappa shape index (κ3) is 2.48. The van der Waals surface area contributed by atoms with Crippen molar-refractivity contribution in [2.24, 2.45) is 0 Å². The summed E-state index contributed by atoms with van der Waals surface area (Å²) < 4.78 is 4.87. The predicted octanol–water partition coefficient (Wildman–Crippen LogP) is 0.615. The number of benzene rings is 1. The van der Waals surface area contributed by atoms with Gasteiger partial charge in [-0.2, -0.15) is 0 Å². The van der Waals surface area contributed by atoms with Gasteiger partial charge < -0.3 is 19.7 Å². The third-order valence-electron chi connectivity index (χ3n) is 4.43. The summed E-state index contributed by atoms with van der Waals surface area (Å²) in [5, 5.41) is 14.2. The second-order valence-corrected chi connectivity index (χ2v) is 6.03. The summed E-state index contributed by atoms with van der Waals surface area (Å²) >= 11 is 0. The molecule has 132 valence electrons. The van der Waals surface area contributed by atoms with Crippen molar-refractivity contribution in [1.29, 1.82) is 0 Å². The monoisotopic (exact) mass is 356 g/mol. The second kappa shape index (κ2) is 5.69. The molecule has 0 bridgehead atoms. The Kier molecular flexibility index (Phi) is 3.46. The first-order valence-corrected chi connectivity index (χ1v) is 7.72. The number of nitro groups is 1. The molecule has 1 atom stereocenters. The van der Waals surface area contributed by atoms with Gasteiger partial charge in [-0.25, -0.2) is 0 Å². The molecule has 0 fully saturated rings. The molecule has 1 aliphatic rings. The molecule has 0 aliphatic heterocycles. The van der Waals surface area contributed by atoms with Crippen LogP contribution in [0.2, 0.25) is 0 Å². The number of H-pyrrole nitrogens is 2. The Morgan fingerprint density at radius 3 is 2.65 bits per heavy atom. The summed E-state index contributed by atoms with van der Waals surface area (Å²) in [7, 11) is 0. The Hall–Kier alpha value is -3.69. The van der Waals surface area contributed by atoms with Crippen molar-refractivity contribution in [3.63, 3.8) is 0 Å². The average Bonchev–Trinajstić information content (AvgIpc) is 3.24. The minimum Gasteiger partial charge on any atom is -0.472 e. The van der Waals surface area contributed by atoms with Gasteiger partial charge in [0, 0.05) is 24.1 Å². The number of amides is 1. The van der Waals surface area contributed by atoms with Crippen LogP contribution in [-0.4, -0.2) is 26.8 Å². The molecule has 10 heteroatoms. The van der Waals surface area contributed by atoms with E-state index in [1.54, 1.807) is 0 Å². The van der Waals surface area contributed by atoms with Crippen LogP contribution in [0.4, 0.5) is 5.69 Å². The lowest BCUT2D eigenvalue weighted by molar-refractivity contribution is -0.385. The molecule has 1 amide bonds. The maximum atomic E-state index is 12.2. The van der Waals surface area contributed by atoms with Crippen molar-refractivity contribution in [2.75, 3.05) is 0 Å². The van der Waals surface area contributed by atoms with E-state index in [0.29, 0.717) is 28.6 Å². The van der Waals surface area contributed by atoms with Gasteiger partial charge in [0.25, 0.3) is 11.6 Å². The van der Waals surface area contributed by atoms with Gasteiger partial charge in [0.2, 0.25) is 0 Å². The van der Waals surface area contributed by atoms with Crippen molar-refractivity contribution in [1.82, 2.24) is 15.3 Å². The molecule has 0 saturated heterocycles. The van der Waals surface area contributed by atoms with E-state index in [1.165, 1.54) is 24.7 Å². The van der Waals surface area contributed by atoms with E-state index in [9.17, 15) is 24.5 Å². The topological polar surface area (TPSA) is 151 Å². The van der Waals surface area contributed by atoms with E-state index in [1.807, 2.05) is 0 Å². The maximum absolute atomic E-state index is 12.2. The SMILES string of the molecule is O=C(NC1Cc2c([N+](=O)[O-])cc3[nH]c(=O)c(=O)[nH]c3c2C1)c1ccoc1. The maximum Gasteiger partial charge on any atom is 0.314 e. The summed E-state index contributed by atoms with van der Waals surface area (Å²) in [4.78, 5) is 51.1. The number of nitrogens with zero attached hydrogens (tertiary/aromatic N) is 1. The van der Waals surface area contributed by atoms with Crippen molar-refractivity contribution < 1.29 is 14.1 Å². The molecule has 1 aromatic carbocycles. The number of hydrogen-bond donors (Lipinski definition) is 3. The van der Waals surface area contributed by atoms with Crippen LogP contribution in [0.3, 0.4) is 0 Å². The van der Waals surface area contributed by atoms with Gasteiger partial charge in [-0.3, -0.25) is 24.5 Å². The van der Waals surface area contributed by atoms with E-state index >= 15 is 0 Å². The molecular formula is C16H12N4O6. The first-order chi connectivity index (χ1) is 12.4. The number of furan rings is 1. The van der Waals surface area contributed by atoms with Crippen LogP contribution in [0.1, 0.15) is 21.5 Å². The van der Waals surface area contributed by atoms with Crippen LogP contribution in [0, 0.1) is 10.1 Å². The van der Waals surface area contributed by atoms with Gasteiger partial charge in [-0.1, -0.05) is 0 Å². The highest BCUT2D eigenvalue weighted by atomic mass is 16.6. The fourth-order valence-corrected chi connectivity index (χ4v) is 3.30. The van der Waals surface area contributed by atoms with Crippen LogP contribution < -0.4 is 16.4 Å². The highest BCUT2D eigenvalue weighted by Gasteiger charge is 2.32. The average molecular weight is 356 g/mol. The van der Waals surface area contributed by atoms with Crippen LogP contribution in [-0.2, 0) is 12.8 Å². The highest BCUT2D eigenvalue weighted by Crippen LogP contribution is 2.35. The molecule has 10 nitrogen and oxygen atoms in total. The number of aromatic amines is 2. The number of carbonyl (C=O) groups excluding carboxylic acids is 1. The molecule has 0 radical (unpaired) electrons. The van der Waals surface area contributed by atoms with E-state index in [0.717, 1.165) is 0 Å². The lowest BCUT2D eigenvalue weighted by Crippen LogP contribution is -2.35. The minimum absolute atomic E-state index is 0.157. The van der Waals surface area contributed by atoms with Crippen molar-refractivity contribution in [3.05, 3.63) is 72.2 Å². The number of hydrogen-bond acceptors (Lipinski definition) is 6. The lowest BCUT2D eigenvalue weighted by atomic mass is 10.1. The molecule has 0 saturated carbocycles. The smallest absolute Gasteiger partial charge is 0.314 e. The number of nitro benzene ring substituents is 1. The highest BCUT2D eigenvalue weighted by molar-refractivity contribution is 5.94. The fourth-order valence-electron chi connectivity index (χ4n) is 3.30. The molecule has 4 rings (SSSR count). The summed E-state index contributed by atoms with van der Waals surface area (Å²) in [6, 6.07) is 2.36. The Morgan fingerprint density at radius 2 is 1.96 bits per heavy atom. The fraction of sp³-hybridized carbons (Fsp3) is 0.188. The third-order valence-corrected chi connectivity index (χ3v) is 4.43. The molecule has 3 N–H and O–H groups in total. The number of aromatic nitrogens is 2. The van der Waals surface area contributed by atoms with Gasteiger partial charge in [0.05, 0.1) is 27.8 Å². The largest absolute Gasteiger partial charge is 0.472 e. The normalized spacial score (nSPS) is 15.8. The van der Waals surface area contributed by atoms with Crippen LogP contribution in [0.5, 0.6) is 0 Å². The quantitative estimate of drug-likeness (QED) is 0.355. The van der Waals surface area contributed by atoms with Crippen molar-refractivity contribution in [3.8, 4) is 0 Å².